The van der Waals surface area contributed by atoms with Crippen molar-refractivity contribution in [2.75, 3.05) is 18.9 Å². The van der Waals surface area contributed by atoms with Gasteiger partial charge in [0, 0.05) is 17.8 Å². The first-order valence-corrected chi connectivity index (χ1v) is 11.4. The molecule has 3 aromatic rings. The van der Waals surface area contributed by atoms with E-state index in [0.717, 1.165) is 11.3 Å². The lowest BCUT2D eigenvalue weighted by atomic mass is 10.1. The Kier molecular flexibility index (Phi) is 6.93. The summed E-state index contributed by atoms with van der Waals surface area (Å²) in [5, 5.41) is 4.42. The molecule has 0 unspecified atom stereocenters. The van der Waals surface area contributed by atoms with E-state index >= 15 is 0 Å². The normalized spacial score (nSPS) is 10.9. The topological polar surface area (TPSA) is 111 Å². The number of nitrogens with one attached hydrogen (secondary N) is 2. The summed E-state index contributed by atoms with van der Waals surface area (Å²) in [5.41, 5.74) is 1.48. The van der Waals surface area contributed by atoms with Gasteiger partial charge < -0.3 is 14.8 Å². The third-order valence-corrected chi connectivity index (χ3v) is 7.04. The van der Waals surface area contributed by atoms with Crippen LogP contribution in [-0.4, -0.2) is 34.5 Å². The number of anilines is 1. The van der Waals surface area contributed by atoms with Crippen LogP contribution in [0.25, 0.3) is 0 Å². The lowest BCUT2D eigenvalue weighted by Gasteiger charge is -2.11. The Hall–Kier alpha value is -3.37. The van der Waals surface area contributed by atoms with E-state index in [1.807, 2.05) is 0 Å². The van der Waals surface area contributed by atoms with Crippen LogP contribution in [0.1, 0.15) is 26.3 Å². The van der Waals surface area contributed by atoms with Gasteiger partial charge in [0.2, 0.25) is 0 Å². The minimum atomic E-state index is -3.71. The summed E-state index contributed by atoms with van der Waals surface area (Å²) < 4.78 is 37.3. The van der Waals surface area contributed by atoms with Crippen molar-refractivity contribution in [2.45, 2.75) is 10.8 Å². The Morgan fingerprint density at radius 3 is 2.52 bits per heavy atom. The van der Waals surface area contributed by atoms with Crippen LogP contribution >= 0.6 is 11.3 Å². The lowest BCUT2D eigenvalue weighted by molar-refractivity contribution is 0.0597. The summed E-state index contributed by atoms with van der Waals surface area (Å²) in [6.45, 7) is 0.151. The van der Waals surface area contributed by atoms with Crippen LogP contribution in [0.5, 0.6) is 5.75 Å². The number of hydrogen-bond donors (Lipinski definition) is 2. The molecule has 2 aromatic carbocycles. The number of esters is 1. The van der Waals surface area contributed by atoms with Crippen LogP contribution in [0.4, 0.5) is 5.69 Å². The predicted octanol–water partition coefficient (Wildman–Crippen LogP) is 3.27. The van der Waals surface area contributed by atoms with E-state index in [2.05, 4.69) is 10.0 Å². The maximum atomic E-state index is 12.6. The second-order valence-electron chi connectivity index (χ2n) is 6.33. The summed E-state index contributed by atoms with van der Waals surface area (Å²) in [4.78, 5) is 24.5. The number of rotatable bonds is 8. The zero-order valence-corrected chi connectivity index (χ0v) is 18.4. The number of thiophene rings is 1. The highest BCUT2D eigenvalue weighted by atomic mass is 32.2. The van der Waals surface area contributed by atoms with E-state index in [1.165, 1.54) is 26.4 Å². The van der Waals surface area contributed by atoms with E-state index < -0.39 is 21.9 Å². The fraction of sp³-hybridized carbons (Fsp3) is 0.143. The minimum absolute atomic E-state index is 0.151. The van der Waals surface area contributed by atoms with Gasteiger partial charge in [-0.05, 0) is 47.3 Å². The molecule has 0 fully saturated rings. The molecule has 3 rings (SSSR count). The number of ether oxygens (including phenoxy) is 2. The maximum Gasteiger partial charge on any atom is 0.341 e. The van der Waals surface area contributed by atoms with Gasteiger partial charge in [-0.2, -0.15) is 0 Å². The van der Waals surface area contributed by atoms with Gasteiger partial charge in [-0.25, -0.2) is 13.2 Å². The number of benzene rings is 2. The van der Waals surface area contributed by atoms with Crippen molar-refractivity contribution in [1.29, 1.82) is 0 Å². The van der Waals surface area contributed by atoms with Gasteiger partial charge in [-0.1, -0.05) is 18.2 Å². The number of carbonyl (C=O) groups excluding carboxylic acids is 2. The van der Waals surface area contributed by atoms with Crippen molar-refractivity contribution in [3.05, 3.63) is 76.7 Å². The molecule has 0 saturated heterocycles. The first kappa shape index (κ1) is 22.3. The van der Waals surface area contributed by atoms with Gasteiger partial charge in [0.25, 0.3) is 15.9 Å². The SMILES string of the molecule is COC(=O)c1cc(CNC(=O)c2cccc(NS(=O)(=O)c3cccs3)c2)ccc1OC. The standard InChI is InChI=1S/C21H20N2O6S2/c1-28-18-9-8-14(11-17(18)21(25)29-2)13-22-20(24)15-5-3-6-16(12-15)23-31(26,27)19-7-4-10-30-19/h3-12,23H,13H2,1-2H3,(H,22,24). The summed E-state index contributed by atoms with van der Waals surface area (Å²) in [6.07, 6.45) is 0. The molecule has 1 aromatic heterocycles. The highest BCUT2D eigenvalue weighted by molar-refractivity contribution is 7.94. The quantitative estimate of drug-likeness (QED) is 0.499. The largest absolute Gasteiger partial charge is 0.496 e. The molecular formula is C21H20N2O6S2. The smallest absolute Gasteiger partial charge is 0.341 e. The van der Waals surface area contributed by atoms with Gasteiger partial charge in [0.1, 0.15) is 15.5 Å². The Morgan fingerprint density at radius 2 is 1.84 bits per heavy atom. The summed E-state index contributed by atoms with van der Waals surface area (Å²) in [6, 6.07) is 14.2. The fourth-order valence-electron chi connectivity index (χ4n) is 2.76. The second kappa shape index (κ2) is 9.63. The predicted molar refractivity (Wildman–Crippen MR) is 117 cm³/mol. The first-order chi connectivity index (χ1) is 14.8. The summed E-state index contributed by atoms with van der Waals surface area (Å²) >= 11 is 1.10. The van der Waals surface area contributed by atoms with Crippen molar-refractivity contribution < 1.29 is 27.5 Å². The molecule has 0 bridgehead atoms. The second-order valence-corrected chi connectivity index (χ2v) is 9.18. The molecular weight excluding hydrogens is 440 g/mol. The van der Waals surface area contributed by atoms with Gasteiger partial charge in [0.05, 0.1) is 14.2 Å². The van der Waals surface area contributed by atoms with Crippen molar-refractivity contribution >= 4 is 38.9 Å². The fourth-order valence-corrected chi connectivity index (χ4v) is 4.81. The molecule has 0 spiro atoms. The Morgan fingerprint density at radius 1 is 1.03 bits per heavy atom. The summed E-state index contributed by atoms with van der Waals surface area (Å²) in [7, 11) is -0.988. The number of carbonyl (C=O) groups is 2. The van der Waals surface area contributed by atoms with Crippen LogP contribution in [-0.2, 0) is 21.3 Å². The first-order valence-electron chi connectivity index (χ1n) is 9.04. The van der Waals surface area contributed by atoms with Gasteiger partial charge >= 0.3 is 5.97 Å². The monoisotopic (exact) mass is 460 g/mol. The van der Waals surface area contributed by atoms with Crippen LogP contribution in [0, 0.1) is 0 Å². The molecule has 0 saturated carbocycles. The molecule has 162 valence electrons. The third kappa shape index (κ3) is 5.41. The average molecular weight is 461 g/mol. The Labute approximate surface area is 183 Å². The molecule has 31 heavy (non-hydrogen) atoms. The molecule has 1 heterocycles. The molecule has 0 atom stereocenters. The maximum absolute atomic E-state index is 12.6. The number of hydrogen-bond acceptors (Lipinski definition) is 7. The van der Waals surface area contributed by atoms with E-state index in [1.54, 1.807) is 47.8 Å². The average Bonchev–Trinajstić information content (AvgIpc) is 3.32. The van der Waals surface area contributed by atoms with Gasteiger partial charge in [0.15, 0.2) is 0 Å². The molecule has 2 N–H and O–H groups in total. The molecule has 0 aliphatic carbocycles. The zero-order chi connectivity index (χ0) is 22.4. The Balaban J connectivity index is 1.70. The van der Waals surface area contributed by atoms with Crippen LogP contribution in [0.2, 0.25) is 0 Å². The van der Waals surface area contributed by atoms with Crippen molar-refractivity contribution in [1.82, 2.24) is 5.32 Å². The van der Waals surface area contributed by atoms with Crippen molar-refractivity contribution in [2.24, 2.45) is 0 Å². The van der Waals surface area contributed by atoms with Gasteiger partial charge in [-0.3, -0.25) is 9.52 Å². The van der Waals surface area contributed by atoms with Crippen LogP contribution in [0.15, 0.2) is 64.2 Å². The molecule has 0 aliphatic heterocycles. The van der Waals surface area contributed by atoms with Crippen LogP contribution < -0.4 is 14.8 Å². The van der Waals surface area contributed by atoms with Crippen LogP contribution in [0.3, 0.4) is 0 Å². The molecule has 8 nitrogen and oxygen atoms in total. The minimum Gasteiger partial charge on any atom is -0.496 e. The Bertz CT molecular complexity index is 1190. The van der Waals surface area contributed by atoms with Gasteiger partial charge in [-0.15, -0.1) is 11.3 Å². The molecule has 0 aliphatic rings. The van der Waals surface area contributed by atoms with E-state index in [-0.39, 0.29) is 27.6 Å². The lowest BCUT2D eigenvalue weighted by Crippen LogP contribution is -2.23. The summed E-state index contributed by atoms with van der Waals surface area (Å²) in [5.74, 6) is -0.573. The molecule has 0 radical (unpaired) electrons. The molecule has 1 amide bonds. The highest BCUT2D eigenvalue weighted by Gasteiger charge is 2.17. The zero-order valence-electron chi connectivity index (χ0n) is 16.7. The number of amides is 1. The number of methoxy groups -OCH3 is 2. The van der Waals surface area contributed by atoms with Crippen molar-refractivity contribution in [3.8, 4) is 5.75 Å². The highest BCUT2D eigenvalue weighted by Crippen LogP contribution is 2.22. The van der Waals surface area contributed by atoms with Crippen molar-refractivity contribution in [3.63, 3.8) is 0 Å². The van der Waals surface area contributed by atoms with E-state index in [9.17, 15) is 18.0 Å². The third-order valence-electron chi connectivity index (χ3n) is 4.26. The van der Waals surface area contributed by atoms with E-state index in [0.29, 0.717) is 11.3 Å². The van der Waals surface area contributed by atoms with E-state index in [4.69, 9.17) is 9.47 Å². The number of sulfonamides is 1. The molecule has 10 heteroatoms.